The Labute approximate surface area is 190 Å². The van der Waals surface area contributed by atoms with Crippen LogP contribution in [0.2, 0.25) is 0 Å². The van der Waals surface area contributed by atoms with Crippen molar-refractivity contribution in [2.24, 2.45) is 5.10 Å². The number of carbonyl (C=O) groups excluding carboxylic acids is 1. The lowest BCUT2D eigenvalue weighted by Gasteiger charge is -2.17. The van der Waals surface area contributed by atoms with E-state index in [-0.39, 0.29) is 17.6 Å². The van der Waals surface area contributed by atoms with E-state index in [9.17, 15) is 9.90 Å². The van der Waals surface area contributed by atoms with Gasteiger partial charge in [0.1, 0.15) is 0 Å². The van der Waals surface area contributed by atoms with Crippen LogP contribution >= 0.6 is 15.9 Å². The zero-order valence-corrected chi connectivity index (χ0v) is 19.1. The minimum absolute atomic E-state index is 0.0328. The van der Waals surface area contributed by atoms with Crippen LogP contribution in [-0.2, 0) is 11.2 Å². The van der Waals surface area contributed by atoms with E-state index >= 15 is 0 Å². The highest BCUT2D eigenvalue weighted by Gasteiger charge is 2.21. The number of aromatic hydroxyl groups is 1. The van der Waals surface area contributed by atoms with Crippen LogP contribution in [0.25, 0.3) is 0 Å². The summed E-state index contributed by atoms with van der Waals surface area (Å²) in [7, 11) is 0. The number of phenolic OH excluding ortho intramolecular Hbond substituents is 1. The first-order chi connectivity index (χ1) is 15.0. The van der Waals surface area contributed by atoms with Crippen molar-refractivity contribution in [3.05, 3.63) is 93.5 Å². The second-order valence-electron chi connectivity index (χ2n) is 7.11. The first kappa shape index (κ1) is 22.6. The van der Waals surface area contributed by atoms with Crippen molar-refractivity contribution in [2.75, 3.05) is 6.61 Å². The predicted octanol–water partition coefficient (Wildman–Crippen LogP) is 5.34. The van der Waals surface area contributed by atoms with E-state index in [1.807, 2.05) is 68.4 Å². The average Bonchev–Trinajstić information content (AvgIpc) is 2.77. The maximum atomic E-state index is 13.0. The third kappa shape index (κ3) is 5.95. The van der Waals surface area contributed by atoms with E-state index in [0.717, 1.165) is 16.7 Å². The second kappa shape index (κ2) is 10.8. The van der Waals surface area contributed by atoms with E-state index in [0.29, 0.717) is 28.8 Å². The van der Waals surface area contributed by atoms with E-state index in [1.54, 1.807) is 12.1 Å². The highest BCUT2D eigenvalue weighted by molar-refractivity contribution is 9.10. The Morgan fingerprint density at radius 1 is 1.16 bits per heavy atom. The molecule has 6 heteroatoms. The molecule has 160 valence electrons. The van der Waals surface area contributed by atoms with Crippen molar-refractivity contribution >= 4 is 28.1 Å². The fourth-order valence-corrected chi connectivity index (χ4v) is 3.75. The van der Waals surface area contributed by atoms with Crippen LogP contribution < -0.4 is 10.2 Å². The van der Waals surface area contributed by atoms with Crippen LogP contribution in [0.1, 0.15) is 35.1 Å². The maximum Gasteiger partial charge on any atom is 0.247 e. The average molecular weight is 481 g/mol. The largest absolute Gasteiger partial charge is 0.503 e. The standard InChI is InChI=1S/C25H25BrN2O3/c1-3-31-23-14-18(13-22(26)24(23)29)16-27-28-25(30)21(19-10-5-4-6-11-19)15-20-12-8-7-9-17(20)2/h4-14,16,21,29H,3,15H2,1-2H3,(H,28,30)/b27-16-/t21-/m1/s1. The number of amides is 1. The number of hydrogen-bond acceptors (Lipinski definition) is 4. The number of nitrogens with one attached hydrogen (secondary N) is 1. The summed E-state index contributed by atoms with van der Waals surface area (Å²) in [5.41, 5.74) is 6.56. The SMILES string of the molecule is CCOc1cc(/C=N\NC(=O)[C@H](Cc2ccccc2C)c2ccccc2)cc(Br)c1O. The second-order valence-corrected chi connectivity index (χ2v) is 7.96. The molecule has 3 aromatic carbocycles. The van der Waals surface area contributed by atoms with Gasteiger partial charge in [0.15, 0.2) is 11.5 Å². The van der Waals surface area contributed by atoms with Crippen LogP contribution in [0.15, 0.2) is 76.3 Å². The summed E-state index contributed by atoms with van der Waals surface area (Å²) >= 11 is 3.31. The first-order valence-electron chi connectivity index (χ1n) is 10.1. The third-order valence-electron chi connectivity index (χ3n) is 4.94. The topological polar surface area (TPSA) is 70.9 Å². The summed E-state index contributed by atoms with van der Waals surface area (Å²) in [6.07, 6.45) is 2.11. The molecule has 3 rings (SSSR count). The van der Waals surface area contributed by atoms with E-state index in [2.05, 4.69) is 26.5 Å². The molecule has 31 heavy (non-hydrogen) atoms. The first-order valence-corrected chi connectivity index (χ1v) is 10.9. The molecule has 0 spiro atoms. The van der Waals surface area contributed by atoms with Gasteiger partial charge in [0.05, 0.1) is 23.2 Å². The fourth-order valence-electron chi connectivity index (χ4n) is 3.29. The molecule has 2 N–H and O–H groups in total. The fraction of sp³-hybridized carbons (Fsp3) is 0.200. The van der Waals surface area contributed by atoms with Crippen molar-refractivity contribution < 1.29 is 14.6 Å². The molecule has 0 aliphatic rings. The molecule has 0 saturated carbocycles. The van der Waals surface area contributed by atoms with Gasteiger partial charge in [-0.1, -0.05) is 54.6 Å². The molecule has 0 heterocycles. The van der Waals surface area contributed by atoms with Crippen molar-refractivity contribution in [1.82, 2.24) is 5.43 Å². The number of benzene rings is 3. The molecule has 0 aliphatic carbocycles. The van der Waals surface area contributed by atoms with Crippen molar-refractivity contribution in [3.63, 3.8) is 0 Å². The van der Waals surface area contributed by atoms with Gasteiger partial charge in [-0.15, -0.1) is 0 Å². The molecule has 3 aromatic rings. The molecule has 0 fully saturated rings. The Hall–Kier alpha value is -3.12. The molecular weight excluding hydrogens is 456 g/mol. The van der Waals surface area contributed by atoms with Crippen LogP contribution in [0.5, 0.6) is 11.5 Å². The lowest BCUT2D eigenvalue weighted by Crippen LogP contribution is -2.27. The highest BCUT2D eigenvalue weighted by atomic mass is 79.9. The van der Waals surface area contributed by atoms with Crippen molar-refractivity contribution in [1.29, 1.82) is 0 Å². The molecule has 0 bridgehead atoms. The molecule has 1 atom stereocenters. The maximum absolute atomic E-state index is 13.0. The lowest BCUT2D eigenvalue weighted by molar-refractivity contribution is -0.122. The normalized spacial score (nSPS) is 12.0. The molecule has 0 aromatic heterocycles. The van der Waals surface area contributed by atoms with Gasteiger partial charge in [-0.2, -0.15) is 5.10 Å². The van der Waals surface area contributed by atoms with Gasteiger partial charge in [-0.3, -0.25) is 4.79 Å². The number of hydrogen-bond donors (Lipinski definition) is 2. The van der Waals surface area contributed by atoms with Gasteiger partial charge >= 0.3 is 0 Å². The van der Waals surface area contributed by atoms with Gasteiger partial charge in [0, 0.05) is 0 Å². The van der Waals surface area contributed by atoms with E-state index < -0.39 is 0 Å². The Balaban J connectivity index is 1.79. The molecule has 0 radical (unpaired) electrons. The number of aryl methyl sites for hydroxylation is 1. The number of carbonyl (C=O) groups is 1. The van der Waals surface area contributed by atoms with Crippen LogP contribution in [0.3, 0.4) is 0 Å². The minimum atomic E-state index is -0.370. The lowest BCUT2D eigenvalue weighted by atomic mass is 9.90. The van der Waals surface area contributed by atoms with E-state index in [4.69, 9.17) is 4.74 Å². The zero-order valence-electron chi connectivity index (χ0n) is 17.5. The third-order valence-corrected chi connectivity index (χ3v) is 5.55. The molecular formula is C25H25BrN2O3. The minimum Gasteiger partial charge on any atom is -0.503 e. The number of halogens is 1. The number of phenols is 1. The summed E-state index contributed by atoms with van der Waals surface area (Å²) in [5, 5.41) is 14.2. The number of nitrogens with zero attached hydrogens (tertiary/aromatic N) is 1. The zero-order chi connectivity index (χ0) is 22.2. The molecule has 0 saturated heterocycles. The van der Waals surface area contributed by atoms with Gasteiger partial charge in [-0.05, 0) is 70.6 Å². The van der Waals surface area contributed by atoms with E-state index in [1.165, 1.54) is 6.21 Å². The highest BCUT2D eigenvalue weighted by Crippen LogP contribution is 2.35. The van der Waals surface area contributed by atoms with Gasteiger partial charge in [-0.25, -0.2) is 5.43 Å². The number of rotatable bonds is 8. The van der Waals surface area contributed by atoms with Crippen molar-refractivity contribution in [2.45, 2.75) is 26.2 Å². The summed E-state index contributed by atoms with van der Waals surface area (Å²) in [5.74, 6) is -0.171. The van der Waals surface area contributed by atoms with Crippen LogP contribution in [-0.4, -0.2) is 23.8 Å². The number of ether oxygens (including phenoxy) is 1. The Morgan fingerprint density at radius 3 is 2.58 bits per heavy atom. The number of hydrazone groups is 1. The molecule has 5 nitrogen and oxygen atoms in total. The Morgan fingerprint density at radius 2 is 1.87 bits per heavy atom. The van der Waals surface area contributed by atoms with Crippen molar-refractivity contribution in [3.8, 4) is 11.5 Å². The van der Waals surface area contributed by atoms with Gasteiger partial charge < -0.3 is 9.84 Å². The summed E-state index contributed by atoms with van der Waals surface area (Å²) in [6.45, 7) is 4.31. The summed E-state index contributed by atoms with van der Waals surface area (Å²) < 4.78 is 5.92. The quantitative estimate of drug-likeness (QED) is 0.337. The smallest absolute Gasteiger partial charge is 0.247 e. The molecule has 1 amide bonds. The Kier molecular flexibility index (Phi) is 7.84. The summed E-state index contributed by atoms with van der Waals surface area (Å²) in [4.78, 5) is 13.0. The summed E-state index contributed by atoms with van der Waals surface area (Å²) in [6, 6.07) is 21.2. The Bertz CT molecular complexity index is 1070. The van der Waals surface area contributed by atoms with Crippen LogP contribution in [0.4, 0.5) is 0 Å². The van der Waals surface area contributed by atoms with Gasteiger partial charge in [0.2, 0.25) is 5.91 Å². The van der Waals surface area contributed by atoms with Gasteiger partial charge in [0.25, 0.3) is 0 Å². The monoisotopic (exact) mass is 480 g/mol. The predicted molar refractivity (Wildman–Crippen MR) is 127 cm³/mol. The van der Waals surface area contributed by atoms with Crippen LogP contribution in [0, 0.1) is 6.92 Å². The molecule has 0 unspecified atom stereocenters. The molecule has 0 aliphatic heterocycles.